The third-order valence-electron chi connectivity index (χ3n) is 7.14. The van der Waals surface area contributed by atoms with E-state index in [1.165, 1.54) is 7.11 Å². The molecule has 3 aromatic rings. The third-order valence-corrected chi connectivity index (χ3v) is 7.14. The molecule has 2 heterocycles. The van der Waals surface area contributed by atoms with Crippen molar-refractivity contribution in [2.24, 2.45) is 0 Å². The number of benzene rings is 2. The molecule has 0 spiro atoms. The average molecular weight is 522 g/mol. The fourth-order valence-corrected chi connectivity index (χ4v) is 5.20. The van der Waals surface area contributed by atoms with Crippen molar-refractivity contribution in [1.29, 1.82) is 0 Å². The first kappa shape index (κ1) is 27.7. The lowest BCUT2D eigenvalue weighted by molar-refractivity contribution is 0.0542. The van der Waals surface area contributed by atoms with Gasteiger partial charge >= 0.3 is 12.1 Å². The summed E-state index contributed by atoms with van der Waals surface area (Å²) in [5.74, 6) is 0.461. The van der Waals surface area contributed by atoms with Crippen LogP contribution in [-0.4, -0.2) is 72.4 Å². The molecule has 4 rings (SSSR count). The second-order valence-corrected chi connectivity index (χ2v) is 10.8. The van der Waals surface area contributed by atoms with Crippen LogP contribution in [-0.2, 0) is 16.0 Å². The topological polar surface area (TPSA) is 73.2 Å². The molecule has 0 N–H and O–H groups in total. The number of esters is 1. The molecular weight excluding hydrogens is 482 g/mol. The lowest BCUT2D eigenvalue weighted by Gasteiger charge is -2.41. The molecule has 0 saturated carbocycles. The monoisotopic (exact) mass is 521 g/mol. The molecule has 1 atom stereocenters. The fourth-order valence-electron chi connectivity index (χ4n) is 5.20. The van der Waals surface area contributed by atoms with Crippen LogP contribution < -0.4 is 4.74 Å². The van der Waals surface area contributed by atoms with Crippen molar-refractivity contribution in [3.05, 3.63) is 64.8 Å². The Balaban J connectivity index is 1.72. The molecule has 2 aromatic carbocycles. The van der Waals surface area contributed by atoms with Gasteiger partial charge in [0.1, 0.15) is 11.4 Å². The minimum atomic E-state index is -0.591. The minimum absolute atomic E-state index is 0.129. The summed E-state index contributed by atoms with van der Waals surface area (Å²) in [6, 6.07) is 11.8. The summed E-state index contributed by atoms with van der Waals surface area (Å²) in [6.45, 7) is 14.1. The molecule has 0 aliphatic carbocycles. The Kier molecular flexibility index (Phi) is 8.13. The zero-order chi connectivity index (χ0) is 27.6. The van der Waals surface area contributed by atoms with Gasteiger partial charge in [-0.3, -0.25) is 9.47 Å². The molecule has 8 nitrogen and oxygen atoms in total. The van der Waals surface area contributed by atoms with Crippen LogP contribution >= 0.6 is 0 Å². The fraction of sp³-hybridized carbons (Fsp3) is 0.467. The van der Waals surface area contributed by atoms with E-state index in [4.69, 9.17) is 14.2 Å². The van der Waals surface area contributed by atoms with Crippen LogP contribution in [0.15, 0.2) is 42.6 Å². The van der Waals surface area contributed by atoms with Gasteiger partial charge in [0.05, 0.1) is 25.3 Å². The first-order valence-electron chi connectivity index (χ1n) is 13.1. The van der Waals surface area contributed by atoms with Gasteiger partial charge in [-0.1, -0.05) is 19.1 Å². The molecule has 1 aromatic heterocycles. The number of ether oxygens (including phenoxy) is 3. The first-order chi connectivity index (χ1) is 18.1. The van der Waals surface area contributed by atoms with Crippen molar-refractivity contribution < 1.29 is 23.8 Å². The van der Waals surface area contributed by atoms with Gasteiger partial charge in [-0.25, -0.2) is 9.59 Å². The number of aromatic nitrogens is 1. The van der Waals surface area contributed by atoms with E-state index in [9.17, 15) is 9.59 Å². The van der Waals surface area contributed by atoms with Crippen LogP contribution in [0, 0.1) is 6.92 Å². The van der Waals surface area contributed by atoms with Gasteiger partial charge in [-0.15, -0.1) is 0 Å². The molecule has 8 heteroatoms. The first-order valence-corrected chi connectivity index (χ1v) is 13.1. The van der Waals surface area contributed by atoms with Gasteiger partial charge in [0.25, 0.3) is 0 Å². The van der Waals surface area contributed by atoms with Crippen LogP contribution in [0.3, 0.4) is 0 Å². The number of fused-ring (bicyclic) bond motifs is 1. The van der Waals surface area contributed by atoms with Crippen LogP contribution in [0.1, 0.15) is 60.8 Å². The van der Waals surface area contributed by atoms with Crippen LogP contribution in [0.5, 0.6) is 5.75 Å². The van der Waals surface area contributed by atoms with Crippen molar-refractivity contribution in [3.63, 3.8) is 0 Å². The molecule has 1 unspecified atom stereocenters. The van der Waals surface area contributed by atoms with Gasteiger partial charge in [-0.2, -0.15) is 0 Å². The van der Waals surface area contributed by atoms with E-state index < -0.39 is 11.7 Å². The summed E-state index contributed by atoms with van der Waals surface area (Å²) in [4.78, 5) is 29.9. The highest BCUT2D eigenvalue weighted by molar-refractivity contribution is 5.95. The molecule has 1 saturated heterocycles. The number of carbonyl (C=O) groups is 2. The maximum atomic E-state index is 13.0. The minimum Gasteiger partial charge on any atom is -0.496 e. The number of piperazine rings is 1. The number of carbonyl (C=O) groups excluding carboxylic acids is 2. The Bertz CT molecular complexity index is 1310. The average Bonchev–Trinajstić information content (AvgIpc) is 3.35. The van der Waals surface area contributed by atoms with Crippen molar-refractivity contribution in [2.45, 2.75) is 52.8 Å². The summed E-state index contributed by atoms with van der Waals surface area (Å²) in [7, 11) is 3.08. The molecule has 1 aliphatic heterocycles. The SMILES string of the molecule is CCN1CCN(Cc2c(OC)cc(C)c3c2ccn3C(=O)OC(C)(C)C)C(c2ccc(C(=O)OC)cc2)C1. The number of rotatable bonds is 6. The number of hydrogen-bond donors (Lipinski definition) is 0. The van der Waals surface area contributed by atoms with E-state index in [1.54, 1.807) is 17.9 Å². The summed E-state index contributed by atoms with van der Waals surface area (Å²) in [5.41, 5.74) is 3.91. The molecule has 1 aliphatic rings. The highest BCUT2D eigenvalue weighted by Gasteiger charge is 2.30. The summed E-state index contributed by atoms with van der Waals surface area (Å²) < 4.78 is 18.0. The molecule has 0 radical (unpaired) electrons. The molecular formula is C30H39N3O5. The lowest BCUT2D eigenvalue weighted by atomic mass is 9.98. The molecule has 38 heavy (non-hydrogen) atoms. The Morgan fingerprint density at radius 2 is 1.76 bits per heavy atom. The Morgan fingerprint density at radius 3 is 2.37 bits per heavy atom. The maximum Gasteiger partial charge on any atom is 0.419 e. The number of hydrogen-bond acceptors (Lipinski definition) is 7. The number of methoxy groups -OCH3 is 2. The zero-order valence-electron chi connectivity index (χ0n) is 23.5. The van der Waals surface area contributed by atoms with Gasteiger partial charge in [0.2, 0.25) is 0 Å². The van der Waals surface area contributed by atoms with Crippen LogP contribution in [0.25, 0.3) is 10.9 Å². The van der Waals surface area contributed by atoms with Crippen molar-refractivity contribution in [3.8, 4) is 5.75 Å². The predicted molar refractivity (Wildman–Crippen MR) is 148 cm³/mol. The molecule has 0 amide bonds. The Morgan fingerprint density at radius 1 is 1.05 bits per heavy atom. The van der Waals surface area contributed by atoms with E-state index in [2.05, 4.69) is 16.7 Å². The van der Waals surface area contributed by atoms with E-state index in [-0.39, 0.29) is 12.0 Å². The summed E-state index contributed by atoms with van der Waals surface area (Å²) in [5, 5.41) is 0.977. The zero-order valence-corrected chi connectivity index (χ0v) is 23.5. The predicted octanol–water partition coefficient (Wildman–Crippen LogP) is 5.41. The van der Waals surface area contributed by atoms with Gasteiger partial charge in [0.15, 0.2) is 0 Å². The van der Waals surface area contributed by atoms with E-state index in [0.717, 1.165) is 59.5 Å². The van der Waals surface area contributed by atoms with Crippen molar-refractivity contribution in [2.75, 3.05) is 40.4 Å². The summed E-state index contributed by atoms with van der Waals surface area (Å²) in [6.07, 6.45) is 1.39. The van der Waals surface area contributed by atoms with Crippen LogP contribution in [0.2, 0.25) is 0 Å². The van der Waals surface area contributed by atoms with E-state index in [1.807, 2.05) is 64.1 Å². The highest BCUT2D eigenvalue weighted by Crippen LogP contribution is 2.36. The maximum absolute atomic E-state index is 13.0. The van der Waals surface area contributed by atoms with Gasteiger partial charge in [-0.05, 0) is 69.6 Å². The third kappa shape index (κ3) is 5.71. The molecule has 1 fully saturated rings. The largest absolute Gasteiger partial charge is 0.496 e. The standard InChI is InChI=1S/C30H39N3O5/c1-8-31-15-16-32(25(19-31)21-9-11-22(12-10-21)28(34)37-7)18-24-23-13-14-33(29(35)38-30(3,4)5)27(23)20(2)17-26(24)36-6/h9-14,17,25H,8,15-16,18-19H2,1-7H3. The van der Waals surface area contributed by atoms with Crippen molar-refractivity contribution >= 4 is 23.0 Å². The Hall–Kier alpha value is -3.36. The van der Waals surface area contributed by atoms with Crippen LogP contribution in [0.4, 0.5) is 4.79 Å². The van der Waals surface area contributed by atoms with E-state index in [0.29, 0.717) is 12.1 Å². The smallest absolute Gasteiger partial charge is 0.419 e. The molecule has 204 valence electrons. The second kappa shape index (κ2) is 11.2. The van der Waals surface area contributed by atoms with E-state index >= 15 is 0 Å². The second-order valence-electron chi connectivity index (χ2n) is 10.8. The summed E-state index contributed by atoms with van der Waals surface area (Å²) >= 11 is 0. The highest BCUT2D eigenvalue weighted by atomic mass is 16.6. The number of likely N-dealkylation sites (N-methyl/N-ethyl adjacent to an activating group) is 1. The molecule has 0 bridgehead atoms. The quantitative estimate of drug-likeness (QED) is 0.402. The van der Waals surface area contributed by atoms with Gasteiger partial charge in [0, 0.05) is 49.4 Å². The normalized spacial score (nSPS) is 17.0. The lowest BCUT2D eigenvalue weighted by Crippen LogP contribution is -2.47. The number of aryl methyl sites for hydroxylation is 1. The van der Waals surface area contributed by atoms with Gasteiger partial charge < -0.3 is 19.1 Å². The number of nitrogens with zero attached hydrogens (tertiary/aromatic N) is 3. The Labute approximate surface area is 225 Å². The van der Waals surface area contributed by atoms with Crippen molar-refractivity contribution in [1.82, 2.24) is 14.4 Å².